The van der Waals surface area contributed by atoms with Gasteiger partial charge in [0.1, 0.15) is 11.5 Å². The first-order valence-corrected chi connectivity index (χ1v) is 10.6. The number of ether oxygens (including phenoxy) is 2. The van der Waals surface area contributed by atoms with Crippen molar-refractivity contribution in [3.8, 4) is 11.5 Å². The van der Waals surface area contributed by atoms with Crippen LogP contribution < -0.4 is 14.8 Å². The van der Waals surface area contributed by atoms with Gasteiger partial charge in [0.25, 0.3) is 5.91 Å². The molecule has 0 unspecified atom stereocenters. The van der Waals surface area contributed by atoms with Crippen LogP contribution in [0.5, 0.6) is 11.5 Å². The number of benzene rings is 2. The number of anilines is 1. The number of methoxy groups -OCH3 is 2. The van der Waals surface area contributed by atoms with Crippen molar-refractivity contribution in [3.63, 3.8) is 0 Å². The summed E-state index contributed by atoms with van der Waals surface area (Å²) in [4.78, 5) is 29.1. The normalized spacial score (nSPS) is 14.3. The molecule has 1 aliphatic rings. The van der Waals surface area contributed by atoms with Crippen LogP contribution in [0, 0.1) is 0 Å². The number of amides is 2. The third kappa shape index (κ3) is 5.68. The summed E-state index contributed by atoms with van der Waals surface area (Å²) in [7, 11) is 3.03. The lowest BCUT2D eigenvalue weighted by Crippen LogP contribution is -2.50. The van der Waals surface area contributed by atoms with E-state index in [-0.39, 0.29) is 18.4 Å². The van der Waals surface area contributed by atoms with Crippen LogP contribution >= 0.6 is 11.6 Å². The molecule has 2 aromatic carbocycles. The second-order valence-electron chi connectivity index (χ2n) is 7.35. The minimum absolute atomic E-state index is 0.0322. The van der Waals surface area contributed by atoms with Gasteiger partial charge in [-0.1, -0.05) is 30.7 Å². The lowest BCUT2D eigenvalue weighted by Gasteiger charge is -2.34. The Morgan fingerprint density at radius 1 is 1.00 bits per heavy atom. The Balaban J connectivity index is 1.53. The summed E-state index contributed by atoms with van der Waals surface area (Å²) in [6.45, 7) is 4.74. The number of hydrogen-bond donors (Lipinski definition) is 1. The number of carbonyl (C=O) groups excluding carboxylic acids is 2. The summed E-state index contributed by atoms with van der Waals surface area (Å²) in [5.74, 6) is 0.780. The van der Waals surface area contributed by atoms with Gasteiger partial charge in [-0.3, -0.25) is 14.5 Å². The van der Waals surface area contributed by atoms with Crippen molar-refractivity contribution in [1.29, 1.82) is 0 Å². The van der Waals surface area contributed by atoms with Crippen LogP contribution in [0.2, 0.25) is 5.02 Å². The quantitative estimate of drug-likeness (QED) is 0.708. The Morgan fingerprint density at radius 3 is 2.23 bits per heavy atom. The van der Waals surface area contributed by atoms with E-state index in [2.05, 4.69) is 12.2 Å². The molecule has 7 nitrogen and oxygen atoms in total. The maximum Gasteiger partial charge on any atom is 0.253 e. The van der Waals surface area contributed by atoms with Crippen molar-refractivity contribution < 1.29 is 19.1 Å². The fourth-order valence-corrected chi connectivity index (χ4v) is 3.76. The number of halogens is 1. The zero-order valence-corrected chi connectivity index (χ0v) is 18.9. The van der Waals surface area contributed by atoms with E-state index < -0.39 is 0 Å². The van der Waals surface area contributed by atoms with E-state index in [0.29, 0.717) is 54.0 Å². The van der Waals surface area contributed by atoms with E-state index in [4.69, 9.17) is 21.1 Å². The van der Waals surface area contributed by atoms with Crippen molar-refractivity contribution >= 4 is 29.1 Å². The predicted octanol–water partition coefficient (Wildman–Crippen LogP) is 3.32. The van der Waals surface area contributed by atoms with Gasteiger partial charge in [-0.25, -0.2) is 0 Å². The van der Waals surface area contributed by atoms with Crippen LogP contribution in [0.25, 0.3) is 0 Å². The summed E-state index contributed by atoms with van der Waals surface area (Å²) in [6.07, 6.45) is 0.948. The van der Waals surface area contributed by atoms with Crippen molar-refractivity contribution in [1.82, 2.24) is 9.80 Å². The van der Waals surface area contributed by atoms with Crippen LogP contribution in [0.1, 0.15) is 22.8 Å². The van der Waals surface area contributed by atoms with Crippen molar-refractivity contribution in [2.24, 2.45) is 0 Å². The predicted molar refractivity (Wildman–Crippen MR) is 121 cm³/mol. The number of nitrogens with one attached hydrogen (secondary N) is 1. The van der Waals surface area contributed by atoms with E-state index >= 15 is 0 Å². The van der Waals surface area contributed by atoms with Crippen molar-refractivity contribution in [2.75, 3.05) is 52.3 Å². The Labute approximate surface area is 187 Å². The third-order valence-electron chi connectivity index (χ3n) is 5.38. The molecule has 1 aliphatic heterocycles. The van der Waals surface area contributed by atoms with E-state index in [1.165, 1.54) is 19.8 Å². The third-order valence-corrected chi connectivity index (χ3v) is 5.68. The van der Waals surface area contributed by atoms with Crippen molar-refractivity contribution in [2.45, 2.75) is 13.3 Å². The first-order chi connectivity index (χ1) is 14.9. The standard InChI is InChI=1S/C23H28ClN3O4/c1-4-16-5-7-17(8-6-16)23(29)27-11-9-26(10-12-27)15-22(28)25-19-14-20(30-2)18(24)13-21(19)31-3/h5-8,13-14H,4,9-12,15H2,1-3H3,(H,25,28). The molecule has 2 aromatic rings. The summed E-state index contributed by atoms with van der Waals surface area (Å²) < 4.78 is 10.5. The molecule has 0 bridgehead atoms. The van der Waals surface area contributed by atoms with E-state index in [9.17, 15) is 9.59 Å². The molecule has 166 valence electrons. The van der Waals surface area contributed by atoms with Gasteiger partial charge in [0.05, 0.1) is 31.5 Å². The van der Waals surface area contributed by atoms with Crippen molar-refractivity contribution in [3.05, 3.63) is 52.5 Å². The molecule has 8 heteroatoms. The maximum atomic E-state index is 12.7. The number of rotatable bonds is 7. The summed E-state index contributed by atoms with van der Waals surface area (Å²) in [5, 5.41) is 3.26. The molecular formula is C23H28ClN3O4. The number of aryl methyl sites for hydroxylation is 1. The molecule has 31 heavy (non-hydrogen) atoms. The van der Waals surface area contributed by atoms with Gasteiger partial charge in [-0.2, -0.15) is 0 Å². The number of carbonyl (C=O) groups is 2. The molecule has 1 fully saturated rings. The lowest BCUT2D eigenvalue weighted by atomic mass is 10.1. The molecule has 0 radical (unpaired) electrons. The average molecular weight is 446 g/mol. The zero-order chi connectivity index (χ0) is 22.4. The highest BCUT2D eigenvalue weighted by Gasteiger charge is 2.23. The fraction of sp³-hybridized carbons (Fsp3) is 0.391. The topological polar surface area (TPSA) is 71.1 Å². The number of piperazine rings is 1. The van der Waals surface area contributed by atoms with E-state index in [1.54, 1.807) is 12.1 Å². The average Bonchev–Trinajstić information content (AvgIpc) is 2.80. The van der Waals surface area contributed by atoms with Gasteiger partial charge in [-0.05, 0) is 24.1 Å². The molecule has 1 heterocycles. The van der Waals surface area contributed by atoms with Crippen LogP contribution in [0.4, 0.5) is 5.69 Å². The fourth-order valence-electron chi connectivity index (χ4n) is 3.53. The molecule has 0 aromatic heterocycles. The highest BCUT2D eigenvalue weighted by Crippen LogP contribution is 2.35. The van der Waals surface area contributed by atoms with Gasteiger partial charge in [0.2, 0.25) is 5.91 Å². The number of hydrogen-bond acceptors (Lipinski definition) is 5. The monoisotopic (exact) mass is 445 g/mol. The Bertz CT molecular complexity index is 925. The summed E-state index contributed by atoms with van der Waals surface area (Å²) in [6, 6.07) is 11.0. The van der Waals surface area contributed by atoms with Crippen LogP contribution in [-0.4, -0.2) is 68.6 Å². The molecular weight excluding hydrogens is 418 g/mol. The minimum Gasteiger partial charge on any atom is -0.495 e. The second kappa shape index (κ2) is 10.5. The first-order valence-electron chi connectivity index (χ1n) is 10.3. The zero-order valence-electron chi connectivity index (χ0n) is 18.1. The van der Waals surface area contributed by atoms with Crippen LogP contribution in [0.15, 0.2) is 36.4 Å². The second-order valence-corrected chi connectivity index (χ2v) is 7.76. The minimum atomic E-state index is -0.169. The molecule has 0 saturated carbocycles. The highest BCUT2D eigenvalue weighted by atomic mass is 35.5. The van der Waals surface area contributed by atoms with Gasteiger partial charge in [-0.15, -0.1) is 0 Å². The Hall–Kier alpha value is -2.77. The van der Waals surface area contributed by atoms with E-state index in [0.717, 1.165) is 6.42 Å². The Morgan fingerprint density at radius 2 is 1.65 bits per heavy atom. The van der Waals surface area contributed by atoms with Gasteiger partial charge >= 0.3 is 0 Å². The first kappa shape index (κ1) is 22.9. The summed E-state index contributed by atoms with van der Waals surface area (Å²) in [5.41, 5.74) is 2.41. The molecule has 0 atom stereocenters. The molecule has 1 saturated heterocycles. The molecule has 0 aliphatic carbocycles. The molecule has 0 spiro atoms. The number of nitrogens with zero attached hydrogens (tertiary/aromatic N) is 2. The van der Waals surface area contributed by atoms with E-state index in [1.807, 2.05) is 34.1 Å². The molecule has 1 N–H and O–H groups in total. The van der Waals surface area contributed by atoms with Gasteiger partial charge in [0.15, 0.2) is 0 Å². The smallest absolute Gasteiger partial charge is 0.253 e. The largest absolute Gasteiger partial charge is 0.495 e. The SMILES string of the molecule is CCc1ccc(C(=O)N2CCN(CC(=O)Nc3cc(OC)c(Cl)cc3OC)CC2)cc1. The lowest BCUT2D eigenvalue weighted by molar-refractivity contribution is -0.117. The van der Waals surface area contributed by atoms with Gasteiger partial charge in [0, 0.05) is 43.9 Å². The van der Waals surface area contributed by atoms with Crippen LogP contribution in [0.3, 0.4) is 0 Å². The highest BCUT2D eigenvalue weighted by molar-refractivity contribution is 6.32. The summed E-state index contributed by atoms with van der Waals surface area (Å²) >= 11 is 6.11. The Kier molecular flexibility index (Phi) is 7.76. The van der Waals surface area contributed by atoms with Crippen LogP contribution in [-0.2, 0) is 11.2 Å². The maximum absolute atomic E-state index is 12.7. The van der Waals surface area contributed by atoms with Gasteiger partial charge < -0.3 is 19.7 Å². The molecule has 2 amide bonds. The molecule has 3 rings (SSSR count).